The van der Waals surface area contributed by atoms with E-state index in [1.165, 1.54) is 0 Å². The Labute approximate surface area is 186 Å². The van der Waals surface area contributed by atoms with E-state index >= 15 is 0 Å². The number of hydrogen-bond donors (Lipinski definition) is 3. The molecule has 3 aromatic rings. The Morgan fingerprint density at radius 2 is 1.97 bits per heavy atom. The Morgan fingerprint density at radius 1 is 1.13 bits per heavy atom. The molecule has 156 valence electrons. The highest BCUT2D eigenvalue weighted by Crippen LogP contribution is 2.31. The molecule has 0 saturated carbocycles. The highest BCUT2D eigenvalue weighted by molar-refractivity contribution is 6.36. The SMILES string of the molecule is CNC=CC(N)=NCCCCNc1nc(-c2ccc(Cl)cc2Cl)nc2ccccc12. The maximum absolute atomic E-state index is 6.37. The number of amidine groups is 1. The quantitative estimate of drug-likeness (QED) is 0.249. The summed E-state index contributed by atoms with van der Waals surface area (Å²) in [5, 5.41) is 8.37. The van der Waals surface area contributed by atoms with E-state index < -0.39 is 0 Å². The summed E-state index contributed by atoms with van der Waals surface area (Å²) in [6.07, 6.45) is 5.35. The largest absolute Gasteiger partial charge is 0.394 e. The smallest absolute Gasteiger partial charge is 0.163 e. The number of rotatable bonds is 9. The number of hydrogen-bond acceptors (Lipinski definition) is 5. The number of fused-ring (bicyclic) bond motifs is 1. The van der Waals surface area contributed by atoms with Crippen molar-refractivity contribution < 1.29 is 0 Å². The van der Waals surface area contributed by atoms with Crippen LogP contribution in [0.3, 0.4) is 0 Å². The predicted molar refractivity (Wildman–Crippen MR) is 127 cm³/mol. The molecular formula is C22H24Cl2N6. The van der Waals surface area contributed by atoms with Gasteiger partial charge in [-0.25, -0.2) is 9.97 Å². The van der Waals surface area contributed by atoms with Gasteiger partial charge < -0.3 is 16.4 Å². The number of aliphatic imine (C=N–C) groups is 1. The number of aromatic nitrogens is 2. The molecule has 0 radical (unpaired) electrons. The van der Waals surface area contributed by atoms with Gasteiger partial charge in [-0.3, -0.25) is 4.99 Å². The van der Waals surface area contributed by atoms with Crippen molar-refractivity contribution in [1.82, 2.24) is 15.3 Å². The van der Waals surface area contributed by atoms with E-state index in [-0.39, 0.29) is 0 Å². The molecule has 3 rings (SSSR count). The molecule has 8 heteroatoms. The van der Waals surface area contributed by atoms with Crippen LogP contribution < -0.4 is 16.4 Å². The fourth-order valence-electron chi connectivity index (χ4n) is 2.88. The molecule has 0 fully saturated rings. The molecule has 4 N–H and O–H groups in total. The van der Waals surface area contributed by atoms with Gasteiger partial charge in [0, 0.05) is 36.1 Å². The van der Waals surface area contributed by atoms with E-state index in [2.05, 4.69) is 20.6 Å². The zero-order chi connectivity index (χ0) is 21.3. The van der Waals surface area contributed by atoms with Gasteiger partial charge in [0.25, 0.3) is 0 Å². The second kappa shape index (κ2) is 10.8. The van der Waals surface area contributed by atoms with Crippen molar-refractivity contribution in [3.8, 4) is 11.4 Å². The van der Waals surface area contributed by atoms with Gasteiger partial charge in [0.05, 0.1) is 10.5 Å². The Balaban J connectivity index is 1.71. The molecular weight excluding hydrogens is 419 g/mol. The topological polar surface area (TPSA) is 88.2 Å². The highest BCUT2D eigenvalue weighted by Gasteiger charge is 2.12. The van der Waals surface area contributed by atoms with E-state index in [0.29, 0.717) is 28.3 Å². The number of nitrogens with one attached hydrogen (secondary N) is 2. The fourth-order valence-corrected chi connectivity index (χ4v) is 3.37. The molecule has 0 spiro atoms. The Hall–Kier alpha value is -2.83. The Morgan fingerprint density at radius 3 is 2.77 bits per heavy atom. The molecule has 30 heavy (non-hydrogen) atoms. The van der Waals surface area contributed by atoms with Crippen LogP contribution in [0.5, 0.6) is 0 Å². The van der Waals surface area contributed by atoms with Crippen molar-refractivity contribution in [2.45, 2.75) is 12.8 Å². The molecule has 0 aliphatic heterocycles. The second-order valence-corrected chi connectivity index (χ2v) is 7.44. The van der Waals surface area contributed by atoms with E-state index in [4.69, 9.17) is 33.9 Å². The first-order valence-corrected chi connectivity index (χ1v) is 10.4. The average molecular weight is 443 g/mol. The minimum Gasteiger partial charge on any atom is -0.394 e. The zero-order valence-corrected chi connectivity index (χ0v) is 18.2. The third kappa shape index (κ3) is 5.84. The standard InChI is InChI=1S/C22H24Cl2N6/c1-26-13-10-20(25)27-11-4-5-12-28-21-17-6-2-3-7-19(17)29-22(30-21)16-9-8-15(23)14-18(16)24/h2-3,6-10,13-14,26H,4-5,11-12H2,1H3,(H2,25,27)(H,28,29,30). The second-order valence-electron chi connectivity index (χ2n) is 6.60. The van der Waals surface area contributed by atoms with Crippen LogP contribution in [0.1, 0.15) is 12.8 Å². The maximum atomic E-state index is 6.37. The Bertz CT molecular complexity index is 1060. The molecule has 0 unspecified atom stereocenters. The summed E-state index contributed by atoms with van der Waals surface area (Å²) < 4.78 is 0. The van der Waals surface area contributed by atoms with Gasteiger partial charge >= 0.3 is 0 Å². The van der Waals surface area contributed by atoms with Crippen molar-refractivity contribution in [3.63, 3.8) is 0 Å². The van der Waals surface area contributed by atoms with Gasteiger partial charge in [0.2, 0.25) is 0 Å². The molecule has 0 amide bonds. The summed E-state index contributed by atoms with van der Waals surface area (Å²) in [7, 11) is 1.82. The monoisotopic (exact) mass is 442 g/mol. The van der Waals surface area contributed by atoms with Crippen LogP contribution >= 0.6 is 23.2 Å². The van der Waals surface area contributed by atoms with E-state index in [1.54, 1.807) is 24.4 Å². The molecule has 0 bridgehead atoms. The lowest BCUT2D eigenvalue weighted by atomic mass is 10.1. The van der Waals surface area contributed by atoms with Gasteiger partial charge in [0.15, 0.2) is 5.82 Å². The van der Waals surface area contributed by atoms with Gasteiger partial charge in [-0.15, -0.1) is 0 Å². The summed E-state index contributed by atoms with van der Waals surface area (Å²) in [4.78, 5) is 13.7. The normalized spacial score (nSPS) is 11.9. The highest BCUT2D eigenvalue weighted by atomic mass is 35.5. The molecule has 2 aromatic carbocycles. The van der Waals surface area contributed by atoms with Crippen LogP contribution in [0.2, 0.25) is 10.0 Å². The van der Waals surface area contributed by atoms with E-state index in [0.717, 1.165) is 41.7 Å². The Kier molecular flexibility index (Phi) is 7.88. The predicted octanol–water partition coefficient (Wildman–Crippen LogP) is 4.89. The maximum Gasteiger partial charge on any atom is 0.163 e. The molecule has 0 saturated heterocycles. The van der Waals surface area contributed by atoms with Crippen molar-refractivity contribution in [2.24, 2.45) is 10.7 Å². The number of anilines is 1. The lowest BCUT2D eigenvalue weighted by Crippen LogP contribution is -2.10. The zero-order valence-electron chi connectivity index (χ0n) is 16.7. The van der Waals surface area contributed by atoms with Crippen LogP contribution in [0.4, 0.5) is 5.82 Å². The number of unbranched alkanes of at least 4 members (excludes halogenated alkanes) is 1. The van der Waals surface area contributed by atoms with Crippen molar-refractivity contribution in [2.75, 3.05) is 25.5 Å². The van der Waals surface area contributed by atoms with Crippen LogP contribution in [-0.2, 0) is 0 Å². The summed E-state index contributed by atoms with van der Waals surface area (Å²) in [6, 6.07) is 13.2. The number of benzene rings is 2. The van der Waals surface area contributed by atoms with Crippen LogP contribution in [0.25, 0.3) is 22.3 Å². The summed E-state index contributed by atoms with van der Waals surface area (Å²) >= 11 is 12.4. The molecule has 1 aromatic heterocycles. The van der Waals surface area contributed by atoms with Crippen molar-refractivity contribution >= 4 is 45.8 Å². The third-order valence-corrected chi connectivity index (χ3v) is 4.92. The molecule has 0 atom stereocenters. The first-order chi connectivity index (χ1) is 14.6. The minimum absolute atomic E-state index is 0.517. The number of para-hydroxylation sites is 1. The molecule has 1 heterocycles. The molecule has 0 aliphatic rings. The van der Waals surface area contributed by atoms with Crippen LogP contribution in [-0.4, -0.2) is 35.9 Å². The lowest BCUT2D eigenvalue weighted by Gasteiger charge is -2.11. The average Bonchev–Trinajstić information content (AvgIpc) is 2.74. The first-order valence-electron chi connectivity index (χ1n) is 9.68. The van der Waals surface area contributed by atoms with Gasteiger partial charge in [-0.05, 0) is 55.4 Å². The minimum atomic E-state index is 0.517. The van der Waals surface area contributed by atoms with Gasteiger partial charge in [-0.1, -0.05) is 35.3 Å². The molecule has 0 aliphatic carbocycles. The summed E-state index contributed by atoms with van der Waals surface area (Å²) in [6.45, 7) is 1.44. The van der Waals surface area contributed by atoms with E-state index in [9.17, 15) is 0 Å². The van der Waals surface area contributed by atoms with Crippen LogP contribution in [0, 0.1) is 0 Å². The number of nitrogens with zero attached hydrogens (tertiary/aromatic N) is 3. The summed E-state index contributed by atoms with van der Waals surface area (Å²) in [5.41, 5.74) is 7.39. The van der Waals surface area contributed by atoms with Crippen LogP contribution in [0.15, 0.2) is 59.7 Å². The van der Waals surface area contributed by atoms with Gasteiger partial charge in [-0.2, -0.15) is 0 Å². The number of nitrogens with two attached hydrogens (primary N) is 1. The summed E-state index contributed by atoms with van der Waals surface area (Å²) in [5.74, 6) is 1.86. The molecule has 6 nitrogen and oxygen atoms in total. The van der Waals surface area contributed by atoms with E-state index in [1.807, 2.05) is 37.4 Å². The fraction of sp³-hybridized carbons (Fsp3) is 0.227. The van der Waals surface area contributed by atoms with Gasteiger partial charge in [0.1, 0.15) is 11.7 Å². The van der Waals surface area contributed by atoms with Crippen molar-refractivity contribution in [1.29, 1.82) is 0 Å². The lowest BCUT2D eigenvalue weighted by molar-refractivity contribution is 0.773. The van der Waals surface area contributed by atoms with Crippen molar-refractivity contribution in [3.05, 3.63) is 64.8 Å². The first kappa shape index (κ1) is 21.9. The number of halogens is 2. The third-order valence-electron chi connectivity index (χ3n) is 4.37.